The molecule has 27 nitrogen and oxygen atoms in total. The Hall–Kier alpha value is -6.46. The van der Waals surface area contributed by atoms with Crippen LogP contribution in [0.15, 0.2) is 29.3 Å². The highest BCUT2D eigenvalue weighted by Gasteiger charge is 2.36. The van der Waals surface area contributed by atoms with Crippen LogP contribution in [-0.4, -0.2) is 259 Å². The Bertz CT molecular complexity index is 2090. The van der Waals surface area contributed by atoms with Gasteiger partial charge in [0.1, 0.15) is 6.04 Å². The van der Waals surface area contributed by atoms with Crippen LogP contribution in [0.25, 0.3) is 0 Å². The van der Waals surface area contributed by atoms with Gasteiger partial charge < -0.3 is 72.4 Å². The van der Waals surface area contributed by atoms with Gasteiger partial charge in [0.15, 0.2) is 5.96 Å². The van der Waals surface area contributed by atoms with E-state index in [9.17, 15) is 68.5 Å². The quantitative estimate of drug-likeness (QED) is 0.0148. The predicted octanol–water partition coefficient (Wildman–Crippen LogP) is -2.99. The van der Waals surface area contributed by atoms with Gasteiger partial charge in [0.05, 0.1) is 32.1 Å². The number of guanidine groups is 1. The van der Waals surface area contributed by atoms with Gasteiger partial charge in [-0.2, -0.15) is 0 Å². The van der Waals surface area contributed by atoms with Crippen LogP contribution < -0.4 is 32.3 Å². The van der Waals surface area contributed by atoms with Crippen LogP contribution >= 0.6 is 0 Å². The van der Waals surface area contributed by atoms with Crippen LogP contribution in [-0.2, 0) is 44.9 Å². The van der Waals surface area contributed by atoms with Crippen molar-refractivity contribution in [3.8, 4) is 0 Å². The third-order valence-electron chi connectivity index (χ3n) is 13.3. The van der Waals surface area contributed by atoms with Gasteiger partial charge in [0.2, 0.25) is 29.5 Å². The highest BCUT2D eigenvalue weighted by molar-refractivity contribution is 6.43. The first kappa shape index (κ1) is 65.8. The van der Waals surface area contributed by atoms with Gasteiger partial charge in [-0.3, -0.25) is 62.8 Å². The number of carboxylic acids is 3. The summed E-state index contributed by atoms with van der Waals surface area (Å²) in [5.41, 5.74) is 6.98. The van der Waals surface area contributed by atoms with Gasteiger partial charge >= 0.3 is 25.0 Å². The van der Waals surface area contributed by atoms with E-state index in [2.05, 4.69) is 36.5 Å². The molecule has 2 aliphatic rings. The molecule has 6 amide bonds. The second kappa shape index (κ2) is 36.6. The van der Waals surface area contributed by atoms with Crippen molar-refractivity contribution in [2.45, 2.75) is 95.6 Å². The lowest BCUT2D eigenvalue weighted by molar-refractivity contribution is -0.140. The summed E-state index contributed by atoms with van der Waals surface area (Å²) in [6, 6.07) is 5.69. The number of rotatable bonds is 32. The van der Waals surface area contributed by atoms with Crippen molar-refractivity contribution in [1.82, 2.24) is 56.0 Å². The number of benzene rings is 1. The average molecular weight is 1100 g/mol. The van der Waals surface area contributed by atoms with Gasteiger partial charge in [-0.25, -0.2) is 0 Å². The molecule has 1 aromatic rings. The first-order valence-corrected chi connectivity index (χ1v) is 26.9. The van der Waals surface area contributed by atoms with E-state index in [4.69, 9.17) is 5.73 Å². The van der Waals surface area contributed by atoms with Crippen LogP contribution in [0, 0.1) is 0 Å². The van der Waals surface area contributed by atoms with E-state index in [1.165, 1.54) is 4.90 Å². The Balaban J connectivity index is 1.38. The maximum absolute atomic E-state index is 13.3. The Morgan fingerprint density at radius 1 is 0.654 bits per heavy atom. The number of hydrogen-bond donors (Lipinski definition) is 11. The number of unbranched alkanes of at least 4 members (excludes halogenated alkanes) is 2. The maximum atomic E-state index is 13.3. The summed E-state index contributed by atoms with van der Waals surface area (Å²) in [4.78, 5) is 126. The van der Waals surface area contributed by atoms with Crippen LogP contribution in [0.5, 0.6) is 0 Å². The number of carboxylic acid groups (broad SMARTS) is 3. The SMILES string of the molecule is CN(C)C(N)=NCCC[C@H](NC(=O)CCCCNC(=O)CCCN1CCN(CC(=O)O)CCN(CC(=O)O)CCN(CC(=O)O)CC1)C(=O)NCCCCC(=O)NCc1ccc(C(=O)NCC(=O)N2CCCC2B(O)O)cc1. The number of nitrogens with one attached hydrogen (secondary N) is 5. The first-order chi connectivity index (χ1) is 37.2. The number of carbonyl (C=O) groups excluding carboxylic acids is 6. The van der Waals surface area contributed by atoms with E-state index in [0.717, 1.165) is 5.56 Å². The fraction of sp³-hybridized carbons (Fsp3) is 0.680. The van der Waals surface area contributed by atoms with Crippen LogP contribution in [0.3, 0.4) is 0 Å². The third kappa shape index (κ3) is 27.7. The fourth-order valence-electron chi connectivity index (χ4n) is 8.79. The van der Waals surface area contributed by atoms with Gasteiger partial charge in [-0.1, -0.05) is 12.1 Å². The molecule has 2 aliphatic heterocycles. The minimum Gasteiger partial charge on any atom is -0.480 e. The molecular weight excluding hydrogens is 1020 g/mol. The number of likely N-dealkylation sites (tertiary alicyclic amines) is 1. The molecule has 0 aromatic heterocycles. The van der Waals surface area contributed by atoms with Gasteiger partial charge in [-0.05, 0) is 82.0 Å². The van der Waals surface area contributed by atoms with Crippen molar-refractivity contribution >= 4 is 66.4 Å². The Morgan fingerprint density at radius 3 is 1.71 bits per heavy atom. The zero-order valence-electron chi connectivity index (χ0n) is 45.4. The largest absolute Gasteiger partial charge is 0.480 e. The molecule has 12 N–H and O–H groups in total. The van der Waals surface area contributed by atoms with E-state index >= 15 is 0 Å². The highest BCUT2D eigenvalue weighted by atomic mass is 16.4. The van der Waals surface area contributed by atoms with Crippen LogP contribution in [0.4, 0.5) is 0 Å². The minimum absolute atomic E-state index is 0.117. The normalized spacial score (nSPS) is 16.7. The number of aliphatic carboxylic acids is 3. The predicted molar refractivity (Wildman–Crippen MR) is 289 cm³/mol. The standard InChI is InChI=1S/C50H84BN13O14/c1-59(2)50(52)55-21-7-10-39(49(76)54-20-6-3-12-42(66)56-32-37-15-17-38(18-16-37)48(75)57-33-44(68)64-23-8-11-40(64)51(77)78)58-43(67)13-4-5-19-53-41(65)14-9-22-60-24-26-61(34-45(69)70)28-30-63(36-47(73)74)31-29-62(27-25-60)35-46(71)72/h15-18,39-40,77-78H,3-14,19-36H2,1-2H3,(H2,52,55)(H,53,65)(H,54,76)(H,56,66)(H,57,75)(H,58,67)(H,69,70)(H,71,72)(H,73,74)/t39-,40?/m0/s1. The molecule has 1 aromatic carbocycles. The Labute approximate surface area is 456 Å². The van der Waals surface area contributed by atoms with Crippen molar-refractivity contribution in [1.29, 1.82) is 0 Å². The van der Waals surface area contributed by atoms with Crippen molar-refractivity contribution in [3.05, 3.63) is 35.4 Å². The topological polar surface area (TPSA) is 373 Å². The third-order valence-corrected chi connectivity index (χ3v) is 13.3. The highest BCUT2D eigenvalue weighted by Crippen LogP contribution is 2.18. The molecule has 436 valence electrons. The fourth-order valence-corrected chi connectivity index (χ4v) is 8.79. The minimum atomic E-state index is -1.64. The van der Waals surface area contributed by atoms with Crippen LogP contribution in [0.2, 0.25) is 0 Å². The number of carbonyl (C=O) groups is 9. The van der Waals surface area contributed by atoms with E-state index in [0.29, 0.717) is 148 Å². The number of nitrogens with two attached hydrogens (primary N) is 1. The summed E-state index contributed by atoms with van der Waals surface area (Å²) < 4.78 is 0. The van der Waals surface area contributed by atoms with Crippen molar-refractivity contribution in [3.63, 3.8) is 0 Å². The second-order valence-electron chi connectivity index (χ2n) is 19.8. The molecule has 0 bridgehead atoms. The Morgan fingerprint density at radius 2 is 1.17 bits per heavy atom. The molecule has 0 saturated carbocycles. The lowest BCUT2D eigenvalue weighted by atomic mass is 9.78. The molecular formula is C50H84BN13O14. The molecule has 3 rings (SSSR count). The summed E-state index contributed by atoms with van der Waals surface area (Å²) in [5, 5.41) is 61.4. The molecule has 2 heterocycles. The summed E-state index contributed by atoms with van der Waals surface area (Å²) in [7, 11) is 1.87. The lowest BCUT2D eigenvalue weighted by Gasteiger charge is -2.33. The molecule has 1 unspecified atom stereocenters. The molecule has 78 heavy (non-hydrogen) atoms. The lowest BCUT2D eigenvalue weighted by Crippen LogP contribution is -2.48. The maximum Gasteiger partial charge on any atom is 0.475 e. The molecule has 2 saturated heterocycles. The summed E-state index contributed by atoms with van der Waals surface area (Å²) in [6.07, 6.45) is 4.83. The van der Waals surface area contributed by atoms with Crippen molar-refractivity contribution in [2.24, 2.45) is 10.7 Å². The molecule has 2 atom stereocenters. The molecule has 28 heteroatoms. The summed E-state index contributed by atoms with van der Waals surface area (Å²) >= 11 is 0. The number of aliphatic imine (C=N–C) groups is 1. The van der Waals surface area contributed by atoms with E-state index in [1.54, 1.807) is 58.0 Å². The second-order valence-corrected chi connectivity index (χ2v) is 19.8. The molecule has 0 aliphatic carbocycles. The Kier molecular flexibility index (Phi) is 30.9. The van der Waals surface area contributed by atoms with Crippen molar-refractivity contribution < 1.29 is 68.5 Å². The number of nitrogens with zero attached hydrogens (tertiary/aromatic N) is 7. The van der Waals surface area contributed by atoms with Gasteiger partial charge in [-0.15, -0.1) is 0 Å². The van der Waals surface area contributed by atoms with Gasteiger partial charge in [0, 0.05) is 124 Å². The number of hydrogen-bond acceptors (Lipinski definition) is 16. The average Bonchev–Trinajstić information content (AvgIpc) is 3.89. The summed E-state index contributed by atoms with van der Waals surface area (Å²) in [5.74, 6) is -5.37. The molecule has 0 radical (unpaired) electrons. The molecule has 0 spiro atoms. The monoisotopic (exact) mass is 1100 g/mol. The molecule has 2 fully saturated rings. The zero-order valence-corrected chi connectivity index (χ0v) is 45.4. The van der Waals surface area contributed by atoms with Crippen molar-refractivity contribution in [2.75, 3.05) is 125 Å². The first-order valence-electron chi connectivity index (χ1n) is 26.9. The summed E-state index contributed by atoms with van der Waals surface area (Å²) in [6.45, 7) is 3.96. The van der Waals surface area contributed by atoms with E-state index < -0.39 is 48.8 Å². The smallest absolute Gasteiger partial charge is 0.475 e. The zero-order chi connectivity index (χ0) is 57.4. The van der Waals surface area contributed by atoms with Gasteiger partial charge in [0.25, 0.3) is 5.91 Å². The van der Waals surface area contributed by atoms with E-state index in [-0.39, 0.29) is 82.2 Å². The van der Waals surface area contributed by atoms with Crippen LogP contribution in [0.1, 0.15) is 93.0 Å². The number of amides is 6. The van der Waals surface area contributed by atoms with E-state index in [1.807, 2.05) is 0 Å².